The molecule has 0 heterocycles. The van der Waals surface area contributed by atoms with Crippen molar-refractivity contribution >= 4 is 5.91 Å². The normalized spacial score (nSPS) is 10.8. The summed E-state index contributed by atoms with van der Waals surface area (Å²) in [6, 6.07) is 5.98. The molecule has 1 aromatic carbocycles. The first kappa shape index (κ1) is 17.5. The van der Waals surface area contributed by atoms with Crippen molar-refractivity contribution in [1.29, 1.82) is 0 Å². The molecule has 21 heavy (non-hydrogen) atoms. The molecule has 0 radical (unpaired) electrons. The summed E-state index contributed by atoms with van der Waals surface area (Å²) in [6.45, 7) is 8.47. The number of ether oxygens (including phenoxy) is 1. The van der Waals surface area contributed by atoms with Gasteiger partial charge in [0.15, 0.2) is 6.61 Å². The van der Waals surface area contributed by atoms with Crippen LogP contribution in [0.2, 0.25) is 0 Å². The van der Waals surface area contributed by atoms with Crippen LogP contribution in [0.5, 0.6) is 5.75 Å². The highest BCUT2D eigenvalue weighted by molar-refractivity contribution is 5.78. The summed E-state index contributed by atoms with van der Waals surface area (Å²) in [6.07, 6.45) is 1.76. The molecule has 1 N–H and O–H groups in total. The first-order chi connectivity index (χ1) is 10.0. The fourth-order valence-electron chi connectivity index (χ4n) is 2.45. The van der Waals surface area contributed by atoms with Gasteiger partial charge in [-0.25, -0.2) is 0 Å². The van der Waals surface area contributed by atoms with E-state index in [4.69, 9.17) is 9.84 Å². The largest absolute Gasteiger partial charge is 0.483 e. The van der Waals surface area contributed by atoms with Crippen LogP contribution in [0.4, 0.5) is 0 Å². The Kier molecular flexibility index (Phi) is 7.23. The summed E-state index contributed by atoms with van der Waals surface area (Å²) >= 11 is 0. The fourth-order valence-corrected chi connectivity index (χ4v) is 2.45. The van der Waals surface area contributed by atoms with Crippen LogP contribution in [0.15, 0.2) is 18.2 Å². The number of benzene rings is 1. The van der Waals surface area contributed by atoms with Crippen molar-refractivity contribution in [3.05, 3.63) is 29.3 Å². The van der Waals surface area contributed by atoms with E-state index < -0.39 is 0 Å². The molecule has 1 amide bonds. The van der Waals surface area contributed by atoms with Gasteiger partial charge in [-0.2, -0.15) is 0 Å². The van der Waals surface area contributed by atoms with Gasteiger partial charge in [-0.05, 0) is 43.9 Å². The van der Waals surface area contributed by atoms with Crippen molar-refractivity contribution in [2.75, 3.05) is 19.8 Å². The van der Waals surface area contributed by atoms with E-state index in [9.17, 15) is 4.79 Å². The first-order valence-electron chi connectivity index (χ1n) is 7.64. The van der Waals surface area contributed by atoms with Crippen LogP contribution in [-0.4, -0.2) is 41.7 Å². The molecule has 118 valence electrons. The maximum absolute atomic E-state index is 12.4. The molecule has 0 saturated heterocycles. The van der Waals surface area contributed by atoms with Gasteiger partial charge >= 0.3 is 0 Å². The summed E-state index contributed by atoms with van der Waals surface area (Å²) in [4.78, 5) is 14.1. The topological polar surface area (TPSA) is 49.8 Å². The quantitative estimate of drug-likeness (QED) is 0.801. The lowest BCUT2D eigenvalue weighted by Gasteiger charge is -2.30. The molecular weight excluding hydrogens is 266 g/mol. The molecule has 0 aliphatic rings. The van der Waals surface area contributed by atoms with Crippen LogP contribution in [0.1, 0.15) is 37.8 Å². The number of hydrogen-bond acceptors (Lipinski definition) is 3. The molecule has 0 aliphatic heterocycles. The molecule has 0 aromatic heterocycles. The summed E-state index contributed by atoms with van der Waals surface area (Å²) in [5.74, 6) is 0.676. The second-order valence-corrected chi connectivity index (χ2v) is 5.27. The zero-order chi connectivity index (χ0) is 15.8. The Morgan fingerprint density at radius 2 is 1.95 bits per heavy atom. The molecular formula is C17H27NO3. The molecule has 1 rings (SSSR count). The average molecular weight is 293 g/mol. The third-order valence-electron chi connectivity index (χ3n) is 3.95. The van der Waals surface area contributed by atoms with Crippen LogP contribution >= 0.6 is 0 Å². The molecule has 0 saturated carbocycles. The maximum atomic E-state index is 12.4. The summed E-state index contributed by atoms with van der Waals surface area (Å²) in [5, 5.41) is 9.16. The molecule has 4 heteroatoms. The lowest BCUT2D eigenvalue weighted by atomic mass is 10.1. The predicted octanol–water partition coefficient (Wildman–Crippen LogP) is 2.69. The Bertz CT molecular complexity index is 455. The number of amides is 1. The van der Waals surface area contributed by atoms with E-state index in [1.54, 1.807) is 4.90 Å². The lowest BCUT2D eigenvalue weighted by molar-refractivity contribution is -0.136. The number of aryl methyl sites for hydroxylation is 1. The minimum Gasteiger partial charge on any atom is -0.483 e. The van der Waals surface area contributed by atoms with E-state index in [0.717, 1.165) is 29.7 Å². The Balaban J connectivity index is 2.71. The number of aliphatic hydroxyl groups excluding tert-OH is 1. The Labute approximate surface area is 127 Å². The second kappa shape index (κ2) is 8.67. The van der Waals surface area contributed by atoms with Crippen LogP contribution in [0, 0.1) is 13.8 Å². The van der Waals surface area contributed by atoms with E-state index in [1.165, 1.54) is 0 Å². The smallest absolute Gasteiger partial charge is 0.260 e. The van der Waals surface area contributed by atoms with E-state index in [1.807, 2.05) is 32.0 Å². The van der Waals surface area contributed by atoms with Crippen molar-refractivity contribution in [2.24, 2.45) is 0 Å². The van der Waals surface area contributed by atoms with E-state index in [-0.39, 0.29) is 25.2 Å². The van der Waals surface area contributed by atoms with Gasteiger partial charge in [-0.1, -0.05) is 26.0 Å². The fraction of sp³-hybridized carbons (Fsp3) is 0.588. The Morgan fingerprint density at radius 3 is 2.52 bits per heavy atom. The van der Waals surface area contributed by atoms with E-state index in [2.05, 4.69) is 13.8 Å². The predicted molar refractivity (Wildman–Crippen MR) is 84.6 cm³/mol. The second-order valence-electron chi connectivity index (χ2n) is 5.27. The zero-order valence-corrected chi connectivity index (χ0v) is 13.6. The molecule has 0 fully saturated rings. The van der Waals surface area contributed by atoms with E-state index >= 15 is 0 Å². The standard InChI is InChI=1S/C17H27NO3/c1-5-15(6-2)18(10-11-19)17(20)12-21-16-9-7-8-13(3)14(16)4/h7-9,15,19H,5-6,10-12H2,1-4H3. The third-order valence-corrected chi connectivity index (χ3v) is 3.95. The molecule has 1 aromatic rings. The highest BCUT2D eigenvalue weighted by Crippen LogP contribution is 2.20. The average Bonchev–Trinajstić information content (AvgIpc) is 2.48. The van der Waals surface area contributed by atoms with Gasteiger partial charge in [-0.15, -0.1) is 0 Å². The van der Waals surface area contributed by atoms with Crippen molar-refractivity contribution in [2.45, 2.75) is 46.6 Å². The van der Waals surface area contributed by atoms with Gasteiger partial charge in [0.05, 0.1) is 6.61 Å². The Hall–Kier alpha value is -1.55. The highest BCUT2D eigenvalue weighted by atomic mass is 16.5. The van der Waals surface area contributed by atoms with Gasteiger partial charge in [0.2, 0.25) is 0 Å². The van der Waals surface area contributed by atoms with Crippen molar-refractivity contribution in [3.63, 3.8) is 0 Å². The molecule has 0 unspecified atom stereocenters. The molecule has 0 bridgehead atoms. The highest BCUT2D eigenvalue weighted by Gasteiger charge is 2.21. The van der Waals surface area contributed by atoms with Crippen LogP contribution in [-0.2, 0) is 4.79 Å². The lowest BCUT2D eigenvalue weighted by Crippen LogP contribution is -2.44. The van der Waals surface area contributed by atoms with E-state index in [0.29, 0.717) is 6.54 Å². The first-order valence-corrected chi connectivity index (χ1v) is 7.64. The number of aliphatic hydroxyl groups is 1. The molecule has 0 aliphatic carbocycles. The maximum Gasteiger partial charge on any atom is 0.260 e. The van der Waals surface area contributed by atoms with Gasteiger partial charge in [0.1, 0.15) is 5.75 Å². The summed E-state index contributed by atoms with van der Waals surface area (Å²) in [7, 11) is 0. The number of rotatable bonds is 8. The van der Waals surface area contributed by atoms with Crippen molar-refractivity contribution < 1.29 is 14.6 Å². The SMILES string of the molecule is CCC(CC)N(CCO)C(=O)COc1cccc(C)c1C. The summed E-state index contributed by atoms with van der Waals surface area (Å²) in [5.41, 5.74) is 2.20. The third kappa shape index (κ3) is 4.74. The number of carbonyl (C=O) groups is 1. The molecule has 0 atom stereocenters. The monoisotopic (exact) mass is 293 g/mol. The summed E-state index contributed by atoms with van der Waals surface area (Å²) < 4.78 is 5.67. The molecule has 4 nitrogen and oxygen atoms in total. The minimum absolute atomic E-state index is 0.0147. The number of hydrogen-bond donors (Lipinski definition) is 1. The zero-order valence-electron chi connectivity index (χ0n) is 13.6. The van der Waals surface area contributed by atoms with Crippen LogP contribution < -0.4 is 4.74 Å². The van der Waals surface area contributed by atoms with Gasteiger partial charge in [0, 0.05) is 12.6 Å². The minimum atomic E-state index is -0.0707. The van der Waals surface area contributed by atoms with Gasteiger partial charge in [0.25, 0.3) is 5.91 Å². The molecule has 0 spiro atoms. The Morgan fingerprint density at radius 1 is 1.29 bits per heavy atom. The number of carbonyl (C=O) groups excluding carboxylic acids is 1. The number of nitrogens with zero attached hydrogens (tertiary/aromatic N) is 1. The van der Waals surface area contributed by atoms with Crippen LogP contribution in [0.25, 0.3) is 0 Å². The van der Waals surface area contributed by atoms with Crippen molar-refractivity contribution in [3.8, 4) is 5.75 Å². The van der Waals surface area contributed by atoms with Gasteiger partial charge < -0.3 is 14.7 Å². The van der Waals surface area contributed by atoms with Crippen molar-refractivity contribution in [1.82, 2.24) is 4.90 Å². The van der Waals surface area contributed by atoms with Gasteiger partial charge in [-0.3, -0.25) is 4.79 Å². The van der Waals surface area contributed by atoms with Crippen LogP contribution in [0.3, 0.4) is 0 Å².